The summed E-state index contributed by atoms with van der Waals surface area (Å²) in [5.41, 5.74) is 2.24. The molecule has 1 aliphatic carbocycles. The van der Waals surface area contributed by atoms with Crippen LogP contribution in [0.3, 0.4) is 0 Å². The van der Waals surface area contributed by atoms with E-state index in [-0.39, 0.29) is 17.4 Å². The molecule has 2 aliphatic rings. The van der Waals surface area contributed by atoms with E-state index in [0.29, 0.717) is 34.4 Å². The van der Waals surface area contributed by atoms with Crippen LogP contribution in [0.25, 0.3) is 0 Å². The summed E-state index contributed by atoms with van der Waals surface area (Å²) in [5, 5.41) is 3.54. The van der Waals surface area contributed by atoms with Gasteiger partial charge in [-0.1, -0.05) is 20.8 Å². The van der Waals surface area contributed by atoms with Crippen molar-refractivity contribution < 1.29 is 23.8 Å². The van der Waals surface area contributed by atoms with E-state index in [4.69, 9.17) is 14.2 Å². The number of carbonyl (C=O) groups is 2. The monoisotopic (exact) mass is 471 g/mol. The van der Waals surface area contributed by atoms with Crippen LogP contribution in [0.2, 0.25) is 0 Å². The topological polar surface area (TPSA) is 73.9 Å². The van der Waals surface area contributed by atoms with Gasteiger partial charge in [0.25, 0.3) is 5.91 Å². The molecular weight excluding hydrogens is 438 g/mol. The number of thiophene rings is 1. The first-order valence-electron chi connectivity index (χ1n) is 11.6. The van der Waals surface area contributed by atoms with Gasteiger partial charge in [0.2, 0.25) is 0 Å². The number of ether oxygens (including phenoxy) is 3. The molecule has 0 bridgehead atoms. The smallest absolute Gasteiger partial charge is 0.341 e. The fraction of sp³-hybridized carbons (Fsp3) is 0.538. The number of methoxy groups -OCH3 is 1. The van der Waals surface area contributed by atoms with Gasteiger partial charge in [0, 0.05) is 17.0 Å². The Balaban J connectivity index is 1.48. The van der Waals surface area contributed by atoms with Crippen LogP contribution in [0.15, 0.2) is 24.3 Å². The van der Waals surface area contributed by atoms with Gasteiger partial charge >= 0.3 is 5.97 Å². The molecule has 0 radical (unpaired) electrons. The normalized spacial score (nSPS) is 20.2. The fourth-order valence-electron chi connectivity index (χ4n) is 4.57. The van der Waals surface area contributed by atoms with Gasteiger partial charge < -0.3 is 19.5 Å². The summed E-state index contributed by atoms with van der Waals surface area (Å²) in [6.45, 7) is 8.09. The summed E-state index contributed by atoms with van der Waals surface area (Å²) >= 11 is 1.50. The number of hydrogen-bond acceptors (Lipinski definition) is 6. The van der Waals surface area contributed by atoms with Crippen molar-refractivity contribution in [1.29, 1.82) is 0 Å². The highest BCUT2D eigenvalue weighted by atomic mass is 32.1. The maximum absolute atomic E-state index is 13.0. The highest BCUT2D eigenvalue weighted by Crippen LogP contribution is 2.44. The summed E-state index contributed by atoms with van der Waals surface area (Å²) in [5.74, 6) is 0.601. The van der Waals surface area contributed by atoms with Gasteiger partial charge in [0.15, 0.2) is 0 Å². The van der Waals surface area contributed by atoms with Crippen molar-refractivity contribution >= 4 is 28.2 Å². The van der Waals surface area contributed by atoms with Gasteiger partial charge in [-0.15, -0.1) is 11.3 Å². The van der Waals surface area contributed by atoms with E-state index in [1.807, 2.05) is 0 Å². The van der Waals surface area contributed by atoms with E-state index in [9.17, 15) is 9.59 Å². The third kappa shape index (κ3) is 5.41. The average molecular weight is 472 g/mol. The Morgan fingerprint density at radius 1 is 1.18 bits per heavy atom. The number of anilines is 1. The van der Waals surface area contributed by atoms with Crippen molar-refractivity contribution in [2.75, 3.05) is 25.6 Å². The molecule has 2 atom stereocenters. The Bertz CT molecular complexity index is 999. The van der Waals surface area contributed by atoms with Gasteiger partial charge in [-0.2, -0.15) is 0 Å². The van der Waals surface area contributed by atoms with Gasteiger partial charge in [-0.05, 0) is 73.3 Å². The van der Waals surface area contributed by atoms with Crippen molar-refractivity contribution in [1.82, 2.24) is 0 Å². The van der Waals surface area contributed by atoms with Gasteiger partial charge in [-0.3, -0.25) is 4.79 Å². The predicted octanol–water partition coefficient (Wildman–Crippen LogP) is 5.50. The number of amides is 1. The van der Waals surface area contributed by atoms with Crippen LogP contribution in [-0.2, 0) is 22.3 Å². The van der Waals surface area contributed by atoms with Crippen LogP contribution in [-0.4, -0.2) is 38.3 Å². The third-order valence-electron chi connectivity index (χ3n) is 6.68. The maximum atomic E-state index is 13.0. The van der Waals surface area contributed by atoms with Gasteiger partial charge in [0.05, 0.1) is 18.8 Å². The standard InChI is InChI=1S/C26H33NO5S/c1-26(2,3)17-9-12-20-21(14-17)33-24(22(20)25(29)30-4)27-23(28)16-7-10-18(11-8-16)32-15-19-6-5-13-31-19/h7-8,10-11,17,19H,5-6,9,12-15H2,1-4H3,(H,27,28). The molecule has 1 N–H and O–H groups in total. The lowest BCUT2D eigenvalue weighted by atomic mass is 9.72. The Morgan fingerprint density at radius 2 is 1.94 bits per heavy atom. The quantitative estimate of drug-likeness (QED) is 0.564. The number of esters is 1. The van der Waals surface area contributed by atoms with Gasteiger partial charge in [0.1, 0.15) is 17.4 Å². The van der Waals surface area contributed by atoms with Crippen molar-refractivity contribution in [2.24, 2.45) is 11.3 Å². The number of rotatable bonds is 6. The van der Waals surface area contributed by atoms with Crippen molar-refractivity contribution in [2.45, 2.75) is 59.0 Å². The molecule has 0 spiro atoms. The second-order valence-electron chi connectivity index (χ2n) is 9.93. The number of fused-ring (bicyclic) bond motifs is 1. The lowest BCUT2D eigenvalue weighted by Crippen LogP contribution is -2.26. The van der Waals surface area contributed by atoms with Crippen LogP contribution in [0.1, 0.15) is 71.2 Å². The molecule has 2 unspecified atom stereocenters. The molecule has 1 aromatic carbocycles. The Kier molecular flexibility index (Phi) is 7.10. The highest BCUT2D eigenvalue weighted by molar-refractivity contribution is 7.17. The summed E-state index contributed by atoms with van der Waals surface area (Å²) in [6, 6.07) is 7.05. The number of carbonyl (C=O) groups excluding carboxylic acids is 2. The minimum Gasteiger partial charge on any atom is -0.491 e. The zero-order valence-electron chi connectivity index (χ0n) is 19.9. The predicted molar refractivity (Wildman–Crippen MR) is 129 cm³/mol. The summed E-state index contributed by atoms with van der Waals surface area (Å²) < 4.78 is 16.4. The number of hydrogen-bond donors (Lipinski definition) is 1. The van der Waals surface area contributed by atoms with Crippen LogP contribution in [0, 0.1) is 11.3 Å². The fourth-order valence-corrected chi connectivity index (χ4v) is 5.88. The van der Waals surface area contributed by atoms with Crippen molar-refractivity contribution in [3.8, 4) is 5.75 Å². The summed E-state index contributed by atoms with van der Waals surface area (Å²) in [6.07, 6.45) is 5.00. The van der Waals surface area contributed by atoms with E-state index in [1.54, 1.807) is 24.3 Å². The van der Waals surface area contributed by atoms with Crippen LogP contribution >= 0.6 is 11.3 Å². The molecule has 33 heavy (non-hydrogen) atoms. The Labute approximate surface area is 199 Å². The molecular formula is C26H33NO5S. The molecule has 2 heterocycles. The molecule has 0 saturated carbocycles. The first-order chi connectivity index (χ1) is 15.8. The SMILES string of the molecule is COC(=O)c1c(NC(=O)c2ccc(OCC3CCCO3)cc2)sc2c1CCC(C(C)(C)C)C2. The van der Waals surface area contributed by atoms with E-state index < -0.39 is 5.97 Å². The molecule has 7 heteroatoms. The molecule has 1 amide bonds. The summed E-state index contributed by atoms with van der Waals surface area (Å²) in [4.78, 5) is 26.7. The molecule has 2 aromatic rings. The zero-order valence-corrected chi connectivity index (χ0v) is 20.7. The van der Waals surface area contributed by atoms with E-state index >= 15 is 0 Å². The van der Waals surface area contributed by atoms with Gasteiger partial charge in [-0.25, -0.2) is 4.79 Å². The largest absolute Gasteiger partial charge is 0.491 e. The minimum absolute atomic E-state index is 0.146. The highest BCUT2D eigenvalue weighted by Gasteiger charge is 2.34. The Morgan fingerprint density at radius 3 is 2.58 bits per heavy atom. The lowest BCUT2D eigenvalue weighted by Gasteiger charge is -2.33. The van der Waals surface area contributed by atoms with Crippen molar-refractivity contribution in [3.05, 3.63) is 45.8 Å². The third-order valence-corrected chi connectivity index (χ3v) is 7.85. The molecule has 1 aromatic heterocycles. The number of nitrogens with one attached hydrogen (secondary N) is 1. The number of benzene rings is 1. The first-order valence-corrected chi connectivity index (χ1v) is 12.5. The first kappa shape index (κ1) is 23.8. The van der Waals surface area contributed by atoms with Crippen LogP contribution in [0.5, 0.6) is 5.75 Å². The van der Waals surface area contributed by atoms with E-state index in [1.165, 1.54) is 23.3 Å². The van der Waals surface area contributed by atoms with E-state index in [2.05, 4.69) is 26.1 Å². The molecule has 6 nitrogen and oxygen atoms in total. The molecule has 1 aliphatic heterocycles. The van der Waals surface area contributed by atoms with Crippen LogP contribution in [0.4, 0.5) is 5.00 Å². The molecule has 1 fully saturated rings. The molecule has 178 valence electrons. The molecule has 1 saturated heterocycles. The summed E-state index contributed by atoms with van der Waals surface area (Å²) in [7, 11) is 1.38. The average Bonchev–Trinajstić information content (AvgIpc) is 3.44. The molecule has 4 rings (SSSR count). The van der Waals surface area contributed by atoms with E-state index in [0.717, 1.165) is 44.3 Å². The zero-order chi connectivity index (χ0) is 23.6. The lowest BCUT2D eigenvalue weighted by molar-refractivity contribution is 0.0600. The van der Waals surface area contributed by atoms with Crippen LogP contribution < -0.4 is 10.1 Å². The second kappa shape index (κ2) is 9.85. The van der Waals surface area contributed by atoms with Crippen molar-refractivity contribution in [3.63, 3.8) is 0 Å². The maximum Gasteiger partial charge on any atom is 0.341 e. The minimum atomic E-state index is -0.394. The second-order valence-corrected chi connectivity index (χ2v) is 11.0. The Hall–Kier alpha value is -2.38.